The van der Waals surface area contributed by atoms with E-state index in [1.54, 1.807) is 0 Å². The Balaban J connectivity index is 2.31. The van der Waals surface area contributed by atoms with E-state index in [0.717, 1.165) is 12.2 Å². The van der Waals surface area contributed by atoms with Crippen LogP contribution in [0.15, 0.2) is 24.5 Å². The SMILES string of the molecule is C=C1C[C@H]2C(=C)OC(C1C)C2C. The quantitative estimate of drug-likeness (QED) is 0.500. The average Bonchev–Trinajstić information content (AvgIpc) is 2.23. The molecule has 12 heavy (non-hydrogen) atoms. The van der Waals surface area contributed by atoms with Crippen LogP contribution in [0, 0.1) is 17.8 Å². The van der Waals surface area contributed by atoms with Gasteiger partial charge in [0.05, 0.1) is 5.76 Å². The molecule has 0 spiro atoms. The molecule has 1 saturated heterocycles. The third-order valence-corrected chi connectivity index (χ3v) is 3.47. The summed E-state index contributed by atoms with van der Waals surface area (Å²) in [6, 6.07) is 0. The van der Waals surface area contributed by atoms with Gasteiger partial charge in [-0.15, -0.1) is 0 Å². The first-order chi connectivity index (χ1) is 5.61. The van der Waals surface area contributed by atoms with Gasteiger partial charge in [-0.25, -0.2) is 0 Å². The number of hydrogen-bond donors (Lipinski definition) is 0. The molecule has 0 N–H and O–H groups in total. The van der Waals surface area contributed by atoms with Crippen molar-refractivity contribution >= 4 is 0 Å². The van der Waals surface area contributed by atoms with E-state index in [2.05, 4.69) is 27.0 Å². The molecule has 1 heterocycles. The minimum Gasteiger partial charge on any atom is -0.494 e. The normalized spacial score (nSPS) is 46.2. The number of hydrogen-bond acceptors (Lipinski definition) is 1. The van der Waals surface area contributed by atoms with Crippen molar-refractivity contribution in [3.05, 3.63) is 24.5 Å². The van der Waals surface area contributed by atoms with Crippen molar-refractivity contribution in [3.8, 4) is 0 Å². The Morgan fingerprint density at radius 2 is 2.00 bits per heavy atom. The first-order valence-electron chi connectivity index (χ1n) is 4.64. The summed E-state index contributed by atoms with van der Waals surface area (Å²) in [7, 11) is 0. The minimum absolute atomic E-state index is 0.351. The van der Waals surface area contributed by atoms with Gasteiger partial charge in [0.15, 0.2) is 0 Å². The van der Waals surface area contributed by atoms with Gasteiger partial charge in [0.1, 0.15) is 6.10 Å². The predicted molar refractivity (Wildman–Crippen MR) is 49.6 cm³/mol. The Morgan fingerprint density at radius 1 is 1.33 bits per heavy atom. The third kappa shape index (κ3) is 0.855. The largest absolute Gasteiger partial charge is 0.494 e. The average molecular weight is 164 g/mol. The molecule has 3 unspecified atom stereocenters. The fourth-order valence-corrected chi connectivity index (χ4v) is 2.45. The number of ether oxygens (including phenoxy) is 1. The van der Waals surface area contributed by atoms with E-state index in [4.69, 9.17) is 4.74 Å². The van der Waals surface area contributed by atoms with Crippen LogP contribution in [0.2, 0.25) is 0 Å². The van der Waals surface area contributed by atoms with Gasteiger partial charge in [-0.05, 0) is 6.42 Å². The lowest BCUT2D eigenvalue weighted by molar-refractivity contribution is 0.0930. The van der Waals surface area contributed by atoms with E-state index >= 15 is 0 Å². The maximum atomic E-state index is 5.72. The zero-order chi connectivity index (χ0) is 8.88. The van der Waals surface area contributed by atoms with Crippen LogP contribution < -0.4 is 0 Å². The molecule has 0 aromatic carbocycles. The maximum Gasteiger partial charge on any atom is 0.108 e. The Hall–Kier alpha value is -0.720. The Kier molecular flexibility index (Phi) is 1.57. The molecule has 2 rings (SSSR count). The van der Waals surface area contributed by atoms with Crippen molar-refractivity contribution in [2.45, 2.75) is 26.4 Å². The van der Waals surface area contributed by atoms with Crippen LogP contribution in [0.5, 0.6) is 0 Å². The molecule has 0 radical (unpaired) electrons. The fraction of sp³-hybridized carbons (Fsp3) is 0.636. The summed E-state index contributed by atoms with van der Waals surface area (Å²) in [6.07, 6.45) is 1.43. The first-order valence-corrected chi connectivity index (χ1v) is 4.64. The number of rotatable bonds is 0. The summed E-state index contributed by atoms with van der Waals surface area (Å²) >= 11 is 0. The Labute approximate surface area is 74.1 Å². The molecule has 2 bridgehead atoms. The first kappa shape index (κ1) is 7.90. The molecule has 0 amide bonds. The molecule has 0 aromatic rings. The second-order valence-corrected chi connectivity index (χ2v) is 4.17. The van der Waals surface area contributed by atoms with Crippen molar-refractivity contribution in [2.24, 2.45) is 17.8 Å². The van der Waals surface area contributed by atoms with Gasteiger partial charge in [-0.2, -0.15) is 0 Å². The number of allylic oxidation sites excluding steroid dienone is 1. The van der Waals surface area contributed by atoms with Gasteiger partial charge >= 0.3 is 0 Å². The molecule has 2 fully saturated rings. The van der Waals surface area contributed by atoms with Crippen LogP contribution in [-0.2, 0) is 4.74 Å². The molecular weight excluding hydrogens is 148 g/mol. The topological polar surface area (TPSA) is 9.23 Å². The minimum atomic E-state index is 0.351. The molecule has 1 saturated carbocycles. The van der Waals surface area contributed by atoms with Crippen molar-refractivity contribution in [3.63, 3.8) is 0 Å². The van der Waals surface area contributed by atoms with Gasteiger partial charge in [0.25, 0.3) is 0 Å². The lowest BCUT2D eigenvalue weighted by atomic mass is 9.73. The van der Waals surface area contributed by atoms with Crippen LogP contribution in [0.25, 0.3) is 0 Å². The molecule has 1 aliphatic heterocycles. The summed E-state index contributed by atoms with van der Waals surface area (Å²) in [5.74, 6) is 2.67. The van der Waals surface area contributed by atoms with Crippen LogP contribution in [0.1, 0.15) is 20.3 Å². The lowest BCUT2D eigenvalue weighted by Gasteiger charge is -2.30. The van der Waals surface area contributed by atoms with E-state index < -0.39 is 0 Å². The zero-order valence-electron chi connectivity index (χ0n) is 7.84. The summed E-state index contributed by atoms with van der Waals surface area (Å²) in [5.41, 5.74) is 1.33. The van der Waals surface area contributed by atoms with E-state index in [-0.39, 0.29) is 0 Å². The fourth-order valence-electron chi connectivity index (χ4n) is 2.45. The van der Waals surface area contributed by atoms with Crippen molar-refractivity contribution in [1.82, 2.24) is 0 Å². The summed E-state index contributed by atoms with van der Waals surface area (Å²) in [4.78, 5) is 0. The number of fused-ring (bicyclic) bond motifs is 2. The monoisotopic (exact) mass is 164 g/mol. The second-order valence-electron chi connectivity index (χ2n) is 4.17. The van der Waals surface area contributed by atoms with Gasteiger partial charge in [0.2, 0.25) is 0 Å². The molecular formula is C11H16O. The summed E-state index contributed by atoms with van der Waals surface area (Å²) < 4.78 is 5.72. The highest BCUT2D eigenvalue weighted by molar-refractivity contribution is 5.19. The molecule has 1 heteroatoms. The Morgan fingerprint density at radius 3 is 2.67 bits per heavy atom. The van der Waals surface area contributed by atoms with Crippen LogP contribution in [-0.4, -0.2) is 6.10 Å². The molecule has 1 nitrogen and oxygen atoms in total. The van der Waals surface area contributed by atoms with Crippen molar-refractivity contribution in [1.29, 1.82) is 0 Å². The summed E-state index contributed by atoms with van der Waals surface area (Å²) in [5, 5.41) is 0. The van der Waals surface area contributed by atoms with Gasteiger partial charge < -0.3 is 4.74 Å². The second kappa shape index (κ2) is 2.38. The summed E-state index contributed by atoms with van der Waals surface area (Å²) in [6.45, 7) is 12.5. The standard InChI is InChI=1S/C11H16O/c1-6-5-10-8(3)11(7(6)2)12-9(10)4/h7-8,10-11H,1,4-5H2,2-3H3/t7?,8?,10-,11?/m1/s1. The van der Waals surface area contributed by atoms with E-state index in [9.17, 15) is 0 Å². The highest BCUT2D eigenvalue weighted by Gasteiger charge is 2.45. The molecule has 0 aromatic heterocycles. The lowest BCUT2D eigenvalue weighted by Crippen LogP contribution is -2.31. The van der Waals surface area contributed by atoms with Crippen molar-refractivity contribution < 1.29 is 4.74 Å². The Bertz CT molecular complexity index is 239. The highest BCUT2D eigenvalue weighted by atomic mass is 16.5. The third-order valence-electron chi connectivity index (χ3n) is 3.47. The molecule has 1 aliphatic carbocycles. The van der Waals surface area contributed by atoms with Crippen LogP contribution >= 0.6 is 0 Å². The predicted octanol–water partition coefficient (Wildman–Crippen LogP) is 2.75. The molecule has 4 atom stereocenters. The zero-order valence-corrected chi connectivity index (χ0v) is 7.84. The molecule has 66 valence electrons. The van der Waals surface area contributed by atoms with Gasteiger partial charge in [-0.3, -0.25) is 0 Å². The van der Waals surface area contributed by atoms with Crippen LogP contribution in [0.4, 0.5) is 0 Å². The van der Waals surface area contributed by atoms with Gasteiger partial charge in [-0.1, -0.05) is 32.6 Å². The maximum absolute atomic E-state index is 5.72. The van der Waals surface area contributed by atoms with Crippen LogP contribution in [0.3, 0.4) is 0 Å². The van der Waals surface area contributed by atoms with E-state index in [1.807, 2.05) is 0 Å². The molecule has 2 aliphatic rings. The van der Waals surface area contributed by atoms with Gasteiger partial charge in [0, 0.05) is 17.8 Å². The van der Waals surface area contributed by atoms with Crippen molar-refractivity contribution in [2.75, 3.05) is 0 Å². The van der Waals surface area contributed by atoms with E-state index in [0.29, 0.717) is 23.9 Å². The smallest absolute Gasteiger partial charge is 0.108 e. The highest BCUT2D eigenvalue weighted by Crippen LogP contribution is 2.48. The van der Waals surface area contributed by atoms with E-state index in [1.165, 1.54) is 5.57 Å².